The molecule has 0 aromatic rings. The minimum Gasteiger partial charge on any atom is -0.396 e. The van der Waals surface area contributed by atoms with E-state index in [0.29, 0.717) is 32.2 Å². The molecule has 0 aliphatic carbocycles. The van der Waals surface area contributed by atoms with Gasteiger partial charge in [-0.05, 0) is 64.7 Å². The lowest BCUT2D eigenvalue weighted by Crippen LogP contribution is -2.59. The maximum atomic E-state index is 13.8. The van der Waals surface area contributed by atoms with Crippen LogP contribution in [-0.2, 0) is 19.1 Å². The molecule has 2 bridgehead atoms. The van der Waals surface area contributed by atoms with Crippen LogP contribution in [0.2, 0.25) is 0 Å². The van der Waals surface area contributed by atoms with Crippen molar-refractivity contribution in [1.29, 1.82) is 0 Å². The Kier molecular flexibility index (Phi) is 6.95. The molecule has 3 rings (SSSR count). The summed E-state index contributed by atoms with van der Waals surface area (Å²) in [5, 5.41) is 15.1. The van der Waals surface area contributed by atoms with Crippen LogP contribution >= 0.6 is 0 Å². The molecule has 3 saturated heterocycles. The molecule has 3 heterocycles. The van der Waals surface area contributed by atoms with E-state index >= 15 is 0 Å². The predicted octanol–water partition coefficient (Wildman–Crippen LogP) is 1.99. The maximum absolute atomic E-state index is 13.8. The Morgan fingerprint density at radius 3 is 2.36 bits per heavy atom. The highest BCUT2D eigenvalue weighted by atomic mass is 16.5. The number of amides is 3. The fourth-order valence-corrected chi connectivity index (χ4v) is 6.87. The molecule has 0 aromatic carbocycles. The molecular formula is C25H43N3O5. The van der Waals surface area contributed by atoms with Crippen LogP contribution in [0.5, 0.6) is 0 Å². The zero-order valence-corrected chi connectivity index (χ0v) is 21.4. The fourth-order valence-electron chi connectivity index (χ4n) is 6.87. The van der Waals surface area contributed by atoms with Crippen molar-refractivity contribution in [3.8, 4) is 0 Å². The van der Waals surface area contributed by atoms with Crippen molar-refractivity contribution in [2.45, 2.75) is 103 Å². The Balaban J connectivity index is 1.95. The zero-order chi connectivity index (χ0) is 24.8. The van der Waals surface area contributed by atoms with Gasteiger partial charge < -0.3 is 25.4 Å². The number of rotatable bonds is 9. The lowest BCUT2D eigenvalue weighted by Gasteiger charge is -2.38. The van der Waals surface area contributed by atoms with Crippen molar-refractivity contribution in [2.75, 3.05) is 20.2 Å². The van der Waals surface area contributed by atoms with Gasteiger partial charge in [-0.15, -0.1) is 0 Å². The van der Waals surface area contributed by atoms with Gasteiger partial charge in [-0.2, -0.15) is 0 Å². The Labute approximate surface area is 198 Å². The third kappa shape index (κ3) is 4.65. The van der Waals surface area contributed by atoms with E-state index in [-0.39, 0.29) is 29.7 Å². The predicted molar refractivity (Wildman–Crippen MR) is 125 cm³/mol. The van der Waals surface area contributed by atoms with Gasteiger partial charge in [-0.1, -0.05) is 20.8 Å². The van der Waals surface area contributed by atoms with Crippen molar-refractivity contribution in [2.24, 2.45) is 17.3 Å². The number of hydrogen-bond donors (Lipinski definition) is 3. The molecule has 5 atom stereocenters. The quantitative estimate of drug-likeness (QED) is 0.452. The smallest absolute Gasteiger partial charge is 0.246 e. The summed E-state index contributed by atoms with van der Waals surface area (Å²) in [5.41, 5.74) is -2.17. The SMILES string of the molecule is CNC(=O)[C@@H]1[C@H]2C(=O)N(CCCCCO)C(C(=O)NC(C)(C)CC(C)(C)C)C23CC[C@@]1(C)O3. The first-order chi connectivity index (χ1) is 15.2. The summed E-state index contributed by atoms with van der Waals surface area (Å²) in [6, 6.07) is -0.764. The van der Waals surface area contributed by atoms with Gasteiger partial charge in [0.05, 0.1) is 17.4 Å². The molecule has 3 aliphatic heterocycles. The van der Waals surface area contributed by atoms with Crippen LogP contribution in [0.15, 0.2) is 0 Å². The molecule has 2 unspecified atom stereocenters. The molecule has 8 heteroatoms. The number of likely N-dealkylation sites (tertiary alicyclic amines) is 1. The Morgan fingerprint density at radius 2 is 1.79 bits per heavy atom. The fraction of sp³-hybridized carbons (Fsp3) is 0.880. The number of unbranched alkanes of at least 4 members (excludes halogenated alkanes) is 2. The lowest BCUT2D eigenvalue weighted by atomic mass is 9.66. The van der Waals surface area contributed by atoms with Gasteiger partial charge in [0.2, 0.25) is 17.7 Å². The van der Waals surface area contributed by atoms with Gasteiger partial charge in [0, 0.05) is 25.7 Å². The van der Waals surface area contributed by atoms with E-state index in [0.717, 1.165) is 12.8 Å². The van der Waals surface area contributed by atoms with E-state index in [2.05, 4.69) is 31.4 Å². The molecule has 33 heavy (non-hydrogen) atoms. The summed E-state index contributed by atoms with van der Waals surface area (Å²) in [7, 11) is 1.58. The molecule has 8 nitrogen and oxygen atoms in total. The van der Waals surface area contributed by atoms with Crippen LogP contribution in [0.3, 0.4) is 0 Å². The highest BCUT2D eigenvalue weighted by Crippen LogP contribution is 2.63. The number of ether oxygens (including phenoxy) is 1. The van der Waals surface area contributed by atoms with Gasteiger partial charge in [0.25, 0.3) is 0 Å². The van der Waals surface area contributed by atoms with Gasteiger partial charge in [-0.3, -0.25) is 14.4 Å². The van der Waals surface area contributed by atoms with Crippen LogP contribution in [0.4, 0.5) is 0 Å². The topological polar surface area (TPSA) is 108 Å². The van der Waals surface area contributed by atoms with Crippen molar-refractivity contribution in [3.63, 3.8) is 0 Å². The van der Waals surface area contributed by atoms with E-state index in [1.807, 2.05) is 20.8 Å². The monoisotopic (exact) mass is 465 g/mol. The molecule has 3 N–H and O–H groups in total. The van der Waals surface area contributed by atoms with Crippen LogP contribution in [0, 0.1) is 17.3 Å². The molecule has 3 aliphatic rings. The summed E-state index contributed by atoms with van der Waals surface area (Å²) < 4.78 is 6.56. The summed E-state index contributed by atoms with van der Waals surface area (Å²) in [6.07, 6.45) is 4.10. The molecule has 1 spiro atoms. The first kappa shape index (κ1) is 25.9. The van der Waals surface area contributed by atoms with Crippen LogP contribution < -0.4 is 10.6 Å². The Morgan fingerprint density at radius 1 is 1.12 bits per heavy atom. The average molecular weight is 466 g/mol. The first-order valence-corrected chi connectivity index (χ1v) is 12.4. The van der Waals surface area contributed by atoms with Gasteiger partial charge in [0.1, 0.15) is 11.6 Å². The number of aliphatic hydroxyl groups excluding tert-OH is 1. The minimum absolute atomic E-state index is 0.0210. The standard InChI is InChI=1S/C25H43N3O5/c1-22(2,3)15-23(4,5)27-20(31)18-25-12-11-24(6,33-25)16(19(30)26-7)17(25)21(32)28(18)13-9-8-10-14-29/h16-18,29H,8-15H2,1-7H3,(H,26,30)(H,27,31)/t16-,17-,18?,24+,25?/m0/s1. The largest absolute Gasteiger partial charge is 0.396 e. The van der Waals surface area contributed by atoms with Crippen molar-refractivity contribution in [3.05, 3.63) is 0 Å². The molecule has 0 aromatic heterocycles. The second kappa shape index (κ2) is 8.84. The highest BCUT2D eigenvalue weighted by Gasteiger charge is 2.77. The first-order valence-electron chi connectivity index (χ1n) is 12.4. The van der Waals surface area contributed by atoms with E-state index in [9.17, 15) is 14.4 Å². The summed E-state index contributed by atoms with van der Waals surface area (Å²) in [5.74, 6) is -1.83. The van der Waals surface area contributed by atoms with Gasteiger partial charge in [-0.25, -0.2) is 0 Å². The molecule has 3 amide bonds. The number of aliphatic hydroxyl groups is 1. The number of carbonyl (C=O) groups excluding carboxylic acids is 3. The molecule has 188 valence electrons. The second-order valence-electron chi connectivity index (χ2n) is 12.3. The normalized spacial score (nSPS) is 33.4. The van der Waals surface area contributed by atoms with Crippen LogP contribution in [-0.4, -0.2) is 70.7 Å². The van der Waals surface area contributed by atoms with Crippen molar-refractivity contribution in [1.82, 2.24) is 15.5 Å². The molecule has 3 fully saturated rings. The van der Waals surface area contributed by atoms with Crippen LogP contribution in [0.1, 0.15) is 80.1 Å². The summed E-state index contributed by atoms with van der Waals surface area (Å²) in [4.78, 5) is 42.1. The second-order valence-corrected chi connectivity index (χ2v) is 12.3. The van der Waals surface area contributed by atoms with E-state index < -0.39 is 34.6 Å². The van der Waals surface area contributed by atoms with Crippen molar-refractivity contribution < 1.29 is 24.2 Å². The minimum atomic E-state index is -0.984. The van der Waals surface area contributed by atoms with E-state index in [4.69, 9.17) is 9.84 Å². The average Bonchev–Trinajstić information content (AvgIpc) is 3.23. The number of carbonyl (C=O) groups is 3. The molecule has 0 radical (unpaired) electrons. The van der Waals surface area contributed by atoms with E-state index in [1.165, 1.54) is 0 Å². The lowest BCUT2D eigenvalue weighted by molar-refractivity contribution is -0.147. The maximum Gasteiger partial charge on any atom is 0.246 e. The zero-order valence-electron chi connectivity index (χ0n) is 21.4. The highest BCUT2D eigenvalue weighted by molar-refractivity contribution is 5.99. The number of nitrogens with zero attached hydrogens (tertiary/aromatic N) is 1. The number of nitrogens with one attached hydrogen (secondary N) is 2. The van der Waals surface area contributed by atoms with Gasteiger partial charge >= 0.3 is 0 Å². The molecular weight excluding hydrogens is 422 g/mol. The third-order valence-electron chi connectivity index (χ3n) is 7.54. The number of fused-ring (bicyclic) bond motifs is 1. The van der Waals surface area contributed by atoms with Crippen molar-refractivity contribution >= 4 is 17.7 Å². The number of hydrogen-bond acceptors (Lipinski definition) is 5. The molecule has 0 saturated carbocycles. The Bertz CT molecular complexity index is 791. The van der Waals surface area contributed by atoms with E-state index in [1.54, 1.807) is 11.9 Å². The summed E-state index contributed by atoms with van der Waals surface area (Å²) >= 11 is 0. The van der Waals surface area contributed by atoms with Gasteiger partial charge in [0.15, 0.2) is 0 Å². The van der Waals surface area contributed by atoms with Crippen LogP contribution in [0.25, 0.3) is 0 Å². The third-order valence-corrected chi connectivity index (χ3v) is 7.54. The summed E-state index contributed by atoms with van der Waals surface area (Å²) in [6.45, 7) is 12.8. The Hall–Kier alpha value is -1.67.